The molecule has 1 atom stereocenters. The molecule has 0 aliphatic heterocycles. The van der Waals surface area contributed by atoms with Crippen molar-refractivity contribution in [2.24, 2.45) is 5.41 Å². The molecule has 0 spiro atoms. The normalized spacial score (nSPS) is 14.0. The first-order valence-corrected chi connectivity index (χ1v) is 6.72. The third-order valence-corrected chi connectivity index (χ3v) is 3.74. The van der Waals surface area contributed by atoms with Crippen LogP contribution in [0.4, 0.5) is 0 Å². The number of carbonyl (C=O) groups excluding carboxylic acids is 1. The molecule has 0 heterocycles. The Morgan fingerprint density at radius 2 is 1.48 bits per heavy atom. The van der Waals surface area contributed by atoms with Gasteiger partial charge in [0, 0.05) is 5.56 Å². The largest absolute Gasteiger partial charge is 0.375 e. The average Bonchev–Trinajstić information content (AvgIpc) is 2.54. The molecule has 3 nitrogen and oxygen atoms in total. The van der Waals surface area contributed by atoms with E-state index < -0.39 is 16.8 Å². The minimum absolute atomic E-state index is 0.382. The SMILES string of the molecule is CC(C)(C#N)C(O)(C(=O)c1ccccc1)c1ccccc1. The topological polar surface area (TPSA) is 61.1 Å². The number of hydrogen-bond donors (Lipinski definition) is 1. The molecule has 3 heteroatoms. The van der Waals surface area contributed by atoms with E-state index in [0.717, 1.165) is 0 Å². The van der Waals surface area contributed by atoms with Gasteiger partial charge in [-0.25, -0.2) is 0 Å². The molecule has 1 N–H and O–H groups in total. The van der Waals surface area contributed by atoms with Crippen molar-refractivity contribution in [3.8, 4) is 6.07 Å². The van der Waals surface area contributed by atoms with E-state index in [-0.39, 0.29) is 0 Å². The standard InChI is InChI=1S/C18H17NO2/c1-17(2,13-19)18(21,15-11-7-4-8-12-15)16(20)14-9-5-3-6-10-14/h3-12,21H,1-2H3. The number of hydrogen-bond acceptors (Lipinski definition) is 3. The monoisotopic (exact) mass is 279 g/mol. The summed E-state index contributed by atoms with van der Waals surface area (Å²) < 4.78 is 0. The number of aliphatic hydroxyl groups is 1. The van der Waals surface area contributed by atoms with Crippen LogP contribution >= 0.6 is 0 Å². The predicted octanol–water partition coefficient (Wildman–Crippen LogP) is 3.31. The zero-order valence-electron chi connectivity index (χ0n) is 12.1. The van der Waals surface area contributed by atoms with Gasteiger partial charge in [-0.1, -0.05) is 60.7 Å². The van der Waals surface area contributed by atoms with Gasteiger partial charge in [0.25, 0.3) is 0 Å². The Bertz CT molecular complexity index is 671. The fraction of sp³-hybridized carbons (Fsp3) is 0.222. The maximum Gasteiger partial charge on any atom is 0.200 e. The van der Waals surface area contributed by atoms with Crippen LogP contribution in [0, 0.1) is 16.7 Å². The Morgan fingerprint density at radius 1 is 1.00 bits per heavy atom. The molecule has 2 aromatic carbocycles. The van der Waals surface area contributed by atoms with Gasteiger partial charge in [0.05, 0.1) is 11.5 Å². The highest BCUT2D eigenvalue weighted by molar-refractivity contribution is 6.03. The van der Waals surface area contributed by atoms with Crippen LogP contribution in [0.2, 0.25) is 0 Å². The lowest BCUT2D eigenvalue weighted by Gasteiger charge is -2.37. The quantitative estimate of drug-likeness (QED) is 0.873. The molecule has 0 amide bonds. The molecule has 0 saturated carbocycles. The van der Waals surface area contributed by atoms with Crippen LogP contribution in [0.25, 0.3) is 0 Å². The number of ketones is 1. The Balaban J connectivity index is 2.64. The second kappa shape index (κ2) is 5.51. The van der Waals surface area contributed by atoms with Crippen molar-refractivity contribution < 1.29 is 9.90 Å². The summed E-state index contributed by atoms with van der Waals surface area (Å²) in [6, 6.07) is 19.2. The van der Waals surface area contributed by atoms with E-state index in [4.69, 9.17) is 0 Å². The van der Waals surface area contributed by atoms with E-state index in [1.807, 2.05) is 0 Å². The summed E-state index contributed by atoms with van der Waals surface area (Å²) >= 11 is 0. The molecular weight excluding hydrogens is 262 g/mol. The van der Waals surface area contributed by atoms with E-state index >= 15 is 0 Å². The van der Waals surface area contributed by atoms with Crippen LogP contribution in [0.3, 0.4) is 0 Å². The minimum atomic E-state index is -1.90. The zero-order chi connectivity index (χ0) is 15.5. The van der Waals surface area contributed by atoms with Crippen LogP contribution in [0.15, 0.2) is 60.7 Å². The molecule has 2 rings (SSSR count). The second-order valence-corrected chi connectivity index (χ2v) is 5.51. The van der Waals surface area contributed by atoms with Gasteiger partial charge in [-0.3, -0.25) is 4.79 Å². The highest BCUT2D eigenvalue weighted by atomic mass is 16.3. The van der Waals surface area contributed by atoms with E-state index in [0.29, 0.717) is 11.1 Å². The van der Waals surface area contributed by atoms with E-state index in [1.54, 1.807) is 74.5 Å². The summed E-state index contributed by atoms with van der Waals surface area (Å²) in [5, 5.41) is 20.6. The number of nitriles is 1. The first-order chi connectivity index (χ1) is 9.93. The van der Waals surface area contributed by atoms with Crippen molar-refractivity contribution >= 4 is 5.78 Å². The molecule has 0 saturated heterocycles. The first-order valence-electron chi connectivity index (χ1n) is 6.72. The van der Waals surface area contributed by atoms with Crippen LogP contribution < -0.4 is 0 Å². The van der Waals surface area contributed by atoms with Crippen LogP contribution in [-0.4, -0.2) is 10.9 Å². The predicted molar refractivity (Wildman–Crippen MR) is 80.5 cm³/mol. The van der Waals surface area contributed by atoms with Crippen LogP contribution in [0.5, 0.6) is 0 Å². The lowest BCUT2D eigenvalue weighted by Crippen LogP contribution is -2.48. The van der Waals surface area contributed by atoms with E-state index in [1.165, 1.54) is 0 Å². The number of rotatable bonds is 4. The molecule has 106 valence electrons. The molecule has 2 aromatic rings. The highest BCUT2D eigenvalue weighted by Crippen LogP contribution is 2.41. The van der Waals surface area contributed by atoms with Crippen LogP contribution in [0.1, 0.15) is 29.8 Å². The molecule has 0 aliphatic rings. The Kier molecular flexibility index (Phi) is 3.93. The summed E-state index contributed by atoms with van der Waals surface area (Å²) in [7, 11) is 0. The number of Topliss-reactive ketones (excluding diaryl/α,β-unsaturated/α-hetero) is 1. The molecular formula is C18H17NO2. The van der Waals surface area contributed by atoms with Crippen molar-refractivity contribution in [2.75, 3.05) is 0 Å². The lowest BCUT2D eigenvalue weighted by molar-refractivity contribution is -0.0214. The molecule has 1 unspecified atom stereocenters. The van der Waals surface area contributed by atoms with Gasteiger partial charge in [0.2, 0.25) is 5.78 Å². The van der Waals surface area contributed by atoms with Crippen molar-refractivity contribution in [1.82, 2.24) is 0 Å². The minimum Gasteiger partial charge on any atom is -0.375 e. The third kappa shape index (κ3) is 2.46. The second-order valence-electron chi connectivity index (χ2n) is 5.51. The molecule has 0 fully saturated rings. The van der Waals surface area contributed by atoms with Gasteiger partial charge < -0.3 is 5.11 Å². The molecule has 0 aliphatic carbocycles. The Labute approximate surface area is 124 Å². The number of nitrogens with zero attached hydrogens (tertiary/aromatic N) is 1. The summed E-state index contributed by atoms with van der Waals surface area (Å²) in [5.74, 6) is -0.471. The maximum atomic E-state index is 12.9. The fourth-order valence-corrected chi connectivity index (χ4v) is 2.33. The number of carbonyl (C=O) groups is 1. The van der Waals surface area contributed by atoms with Crippen molar-refractivity contribution in [3.05, 3.63) is 71.8 Å². The summed E-state index contributed by atoms with van der Waals surface area (Å²) in [6.07, 6.45) is 0. The first kappa shape index (κ1) is 15.0. The molecule has 0 radical (unpaired) electrons. The molecule has 21 heavy (non-hydrogen) atoms. The molecule has 0 aromatic heterocycles. The van der Waals surface area contributed by atoms with Crippen LogP contribution in [-0.2, 0) is 5.60 Å². The Morgan fingerprint density at radius 3 is 1.95 bits per heavy atom. The zero-order valence-corrected chi connectivity index (χ0v) is 12.1. The van der Waals surface area contributed by atoms with Gasteiger partial charge in [0.1, 0.15) is 0 Å². The van der Waals surface area contributed by atoms with E-state index in [2.05, 4.69) is 6.07 Å². The van der Waals surface area contributed by atoms with Crippen molar-refractivity contribution in [2.45, 2.75) is 19.4 Å². The maximum absolute atomic E-state index is 12.9. The van der Waals surface area contributed by atoms with Gasteiger partial charge in [-0.05, 0) is 19.4 Å². The average molecular weight is 279 g/mol. The summed E-state index contributed by atoms with van der Waals surface area (Å²) in [6.45, 7) is 3.14. The van der Waals surface area contributed by atoms with Gasteiger partial charge in [-0.2, -0.15) is 5.26 Å². The van der Waals surface area contributed by atoms with Crippen molar-refractivity contribution in [1.29, 1.82) is 5.26 Å². The molecule has 0 bridgehead atoms. The van der Waals surface area contributed by atoms with Gasteiger partial charge in [0.15, 0.2) is 5.60 Å². The Hall–Kier alpha value is -2.44. The van der Waals surface area contributed by atoms with Crippen molar-refractivity contribution in [3.63, 3.8) is 0 Å². The van der Waals surface area contributed by atoms with Gasteiger partial charge >= 0.3 is 0 Å². The lowest BCUT2D eigenvalue weighted by atomic mass is 9.68. The number of benzene rings is 2. The summed E-state index contributed by atoms with van der Waals surface area (Å²) in [5.41, 5.74) is -2.36. The smallest absolute Gasteiger partial charge is 0.200 e. The third-order valence-electron chi connectivity index (χ3n) is 3.74. The highest BCUT2D eigenvalue weighted by Gasteiger charge is 2.51. The van der Waals surface area contributed by atoms with E-state index in [9.17, 15) is 15.2 Å². The van der Waals surface area contributed by atoms with Gasteiger partial charge in [-0.15, -0.1) is 0 Å². The summed E-state index contributed by atoms with van der Waals surface area (Å²) in [4.78, 5) is 12.9. The fourth-order valence-electron chi connectivity index (χ4n) is 2.33.